The van der Waals surface area contributed by atoms with Gasteiger partial charge in [-0.25, -0.2) is 4.98 Å². The number of nitrogens with zero attached hydrogens (tertiary/aromatic N) is 1. The van der Waals surface area contributed by atoms with Gasteiger partial charge in [0.05, 0.1) is 0 Å². The minimum absolute atomic E-state index is 0.0276. The normalized spacial score (nSPS) is 13.9. The standard InChI is InChI=1S/C18H17F3N2O2/c19-18(20,21)11-25-17-14(8-4-10-22-17)16(24)23-15-9-3-6-12-5-1-2-7-13(12)15/h3-4,6,8-10H,1-2,5,7,11H2,(H,23,24). The Hall–Kier alpha value is -2.57. The summed E-state index contributed by atoms with van der Waals surface area (Å²) in [6.45, 7) is -1.50. The predicted octanol–water partition coefficient (Wildman–Crippen LogP) is 4.15. The lowest BCUT2D eigenvalue weighted by atomic mass is 9.90. The van der Waals surface area contributed by atoms with Crippen LogP contribution in [0.4, 0.5) is 18.9 Å². The molecule has 0 bridgehead atoms. The maximum Gasteiger partial charge on any atom is 0.422 e. The van der Waals surface area contributed by atoms with E-state index < -0.39 is 18.7 Å². The van der Waals surface area contributed by atoms with Crippen LogP contribution in [0.2, 0.25) is 0 Å². The maximum absolute atomic E-state index is 12.5. The van der Waals surface area contributed by atoms with Crippen molar-refractivity contribution < 1.29 is 22.7 Å². The molecule has 0 spiro atoms. The number of aryl methyl sites for hydroxylation is 1. The van der Waals surface area contributed by atoms with Crippen LogP contribution >= 0.6 is 0 Å². The van der Waals surface area contributed by atoms with Gasteiger partial charge in [-0.1, -0.05) is 12.1 Å². The van der Waals surface area contributed by atoms with E-state index in [1.807, 2.05) is 12.1 Å². The van der Waals surface area contributed by atoms with Crippen molar-refractivity contribution >= 4 is 11.6 Å². The minimum Gasteiger partial charge on any atom is -0.467 e. The Morgan fingerprint density at radius 1 is 1.16 bits per heavy atom. The zero-order chi connectivity index (χ0) is 17.9. The lowest BCUT2D eigenvalue weighted by Crippen LogP contribution is -2.22. The Labute approximate surface area is 143 Å². The number of rotatable bonds is 4. The smallest absolute Gasteiger partial charge is 0.422 e. The third kappa shape index (κ3) is 4.29. The molecule has 2 aromatic rings. The van der Waals surface area contributed by atoms with E-state index in [0.717, 1.165) is 31.2 Å². The average molecular weight is 350 g/mol. The van der Waals surface area contributed by atoms with E-state index in [4.69, 9.17) is 0 Å². The van der Waals surface area contributed by atoms with E-state index in [9.17, 15) is 18.0 Å². The van der Waals surface area contributed by atoms with Gasteiger partial charge in [-0.15, -0.1) is 0 Å². The number of carbonyl (C=O) groups is 1. The van der Waals surface area contributed by atoms with Crippen molar-refractivity contribution in [3.63, 3.8) is 0 Å². The highest BCUT2D eigenvalue weighted by atomic mass is 19.4. The third-order valence-electron chi connectivity index (χ3n) is 4.03. The summed E-state index contributed by atoms with van der Waals surface area (Å²) in [4.78, 5) is 16.3. The molecule has 1 amide bonds. The van der Waals surface area contributed by atoms with E-state index in [2.05, 4.69) is 15.0 Å². The fourth-order valence-corrected chi connectivity index (χ4v) is 2.92. The predicted molar refractivity (Wildman–Crippen MR) is 86.8 cm³/mol. The van der Waals surface area contributed by atoms with Gasteiger partial charge in [0.15, 0.2) is 6.61 Å². The number of hydrogen-bond donors (Lipinski definition) is 1. The first kappa shape index (κ1) is 17.3. The summed E-state index contributed by atoms with van der Waals surface area (Å²) >= 11 is 0. The number of anilines is 1. The number of benzene rings is 1. The van der Waals surface area contributed by atoms with Gasteiger partial charge < -0.3 is 10.1 Å². The van der Waals surface area contributed by atoms with Crippen LogP contribution in [-0.4, -0.2) is 23.7 Å². The molecule has 0 atom stereocenters. The van der Waals surface area contributed by atoms with Crippen molar-refractivity contribution in [1.82, 2.24) is 4.98 Å². The van der Waals surface area contributed by atoms with E-state index >= 15 is 0 Å². The summed E-state index contributed by atoms with van der Waals surface area (Å²) in [5.41, 5.74) is 2.94. The average Bonchev–Trinajstić information content (AvgIpc) is 2.60. The summed E-state index contributed by atoms with van der Waals surface area (Å²) in [5.74, 6) is -0.869. The van der Waals surface area contributed by atoms with Crippen LogP contribution in [0.3, 0.4) is 0 Å². The van der Waals surface area contributed by atoms with Crippen LogP contribution < -0.4 is 10.1 Å². The van der Waals surface area contributed by atoms with Gasteiger partial charge >= 0.3 is 6.18 Å². The van der Waals surface area contributed by atoms with Crippen molar-refractivity contribution in [3.05, 3.63) is 53.2 Å². The van der Waals surface area contributed by atoms with Gasteiger partial charge in [-0.05, 0) is 55.0 Å². The van der Waals surface area contributed by atoms with E-state index in [1.54, 1.807) is 6.07 Å². The van der Waals surface area contributed by atoms with Crippen LogP contribution in [0.1, 0.15) is 34.3 Å². The molecule has 0 saturated carbocycles. The van der Waals surface area contributed by atoms with E-state index in [1.165, 1.54) is 23.9 Å². The molecule has 0 aliphatic heterocycles. The number of carbonyl (C=O) groups excluding carboxylic acids is 1. The highest BCUT2D eigenvalue weighted by molar-refractivity contribution is 6.06. The Bertz CT molecular complexity index is 775. The summed E-state index contributed by atoms with van der Waals surface area (Å²) in [7, 11) is 0. The molecule has 1 aliphatic rings. The van der Waals surface area contributed by atoms with Gasteiger partial charge in [0.2, 0.25) is 5.88 Å². The molecule has 132 valence electrons. The number of fused-ring (bicyclic) bond motifs is 1. The number of aromatic nitrogens is 1. The number of nitrogens with one attached hydrogen (secondary N) is 1. The first-order chi connectivity index (χ1) is 11.9. The number of pyridine rings is 1. The molecule has 1 N–H and O–H groups in total. The highest BCUT2D eigenvalue weighted by Crippen LogP contribution is 2.29. The zero-order valence-electron chi connectivity index (χ0n) is 13.4. The van der Waals surface area contributed by atoms with Gasteiger partial charge in [0, 0.05) is 11.9 Å². The molecule has 25 heavy (non-hydrogen) atoms. The lowest BCUT2D eigenvalue weighted by molar-refractivity contribution is -0.154. The summed E-state index contributed by atoms with van der Waals surface area (Å²) in [5, 5.41) is 2.78. The second kappa shape index (κ2) is 7.13. The summed E-state index contributed by atoms with van der Waals surface area (Å²) < 4.78 is 41.7. The number of hydrogen-bond acceptors (Lipinski definition) is 3. The molecule has 1 aliphatic carbocycles. The van der Waals surface area contributed by atoms with Crippen molar-refractivity contribution in [2.24, 2.45) is 0 Å². The molecule has 1 aromatic carbocycles. The molecular formula is C18H17F3N2O2. The summed E-state index contributed by atoms with van der Waals surface area (Å²) in [6, 6.07) is 8.57. The van der Waals surface area contributed by atoms with Crippen LogP contribution in [0.25, 0.3) is 0 Å². The molecule has 1 aromatic heterocycles. The molecule has 0 radical (unpaired) electrons. The number of halogens is 3. The summed E-state index contributed by atoms with van der Waals surface area (Å²) in [6.07, 6.45) is 0.786. The number of amides is 1. The Balaban J connectivity index is 1.80. The molecule has 4 nitrogen and oxygen atoms in total. The van der Waals surface area contributed by atoms with Crippen LogP contribution in [0, 0.1) is 0 Å². The Morgan fingerprint density at radius 2 is 1.96 bits per heavy atom. The van der Waals surface area contributed by atoms with Gasteiger partial charge in [0.1, 0.15) is 5.56 Å². The van der Waals surface area contributed by atoms with E-state index in [0.29, 0.717) is 5.69 Å². The highest BCUT2D eigenvalue weighted by Gasteiger charge is 2.29. The van der Waals surface area contributed by atoms with Gasteiger partial charge in [0.25, 0.3) is 5.91 Å². The zero-order valence-corrected chi connectivity index (χ0v) is 13.4. The lowest BCUT2D eigenvalue weighted by Gasteiger charge is -2.20. The third-order valence-corrected chi connectivity index (χ3v) is 4.03. The van der Waals surface area contributed by atoms with Gasteiger partial charge in [-0.2, -0.15) is 13.2 Å². The number of ether oxygens (including phenoxy) is 1. The Kier molecular flexibility index (Phi) is 4.92. The molecule has 0 saturated heterocycles. The van der Waals surface area contributed by atoms with Gasteiger partial charge in [-0.3, -0.25) is 4.79 Å². The monoisotopic (exact) mass is 350 g/mol. The molecular weight excluding hydrogens is 333 g/mol. The fraction of sp³-hybridized carbons (Fsp3) is 0.333. The fourth-order valence-electron chi connectivity index (χ4n) is 2.92. The first-order valence-corrected chi connectivity index (χ1v) is 8.01. The van der Waals surface area contributed by atoms with Crippen LogP contribution in [0.5, 0.6) is 5.88 Å². The van der Waals surface area contributed by atoms with E-state index in [-0.39, 0.29) is 11.4 Å². The molecule has 1 heterocycles. The SMILES string of the molecule is O=C(Nc1cccc2c1CCCC2)c1cccnc1OCC(F)(F)F. The van der Waals surface area contributed by atoms with Crippen LogP contribution in [0.15, 0.2) is 36.5 Å². The first-order valence-electron chi connectivity index (χ1n) is 8.01. The second-order valence-electron chi connectivity index (χ2n) is 5.86. The Morgan fingerprint density at radius 3 is 2.76 bits per heavy atom. The van der Waals surface area contributed by atoms with Crippen molar-refractivity contribution in [2.45, 2.75) is 31.9 Å². The minimum atomic E-state index is -4.50. The molecule has 0 unspecified atom stereocenters. The molecule has 3 rings (SSSR count). The molecule has 7 heteroatoms. The topological polar surface area (TPSA) is 51.2 Å². The van der Waals surface area contributed by atoms with Crippen LogP contribution in [-0.2, 0) is 12.8 Å². The number of alkyl halides is 3. The van der Waals surface area contributed by atoms with Crippen molar-refractivity contribution in [3.8, 4) is 5.88 Å². The largest absolute Gasteiger partial charge is 0.467 e. The second-order valence-corrected chi connectivity index (χ2v) is 5.86. The maximum atomic E-state index is 12.5. The quantitative estimate of drug-likeness (QED) is 0.901. The molecule has 0 fully saturated rings. The van der Waals surface area contributed by atoms with Crippen molar-refractivity contribution in [1.29, 1.82) is 0 Å². The van der Waals surface area contributed by atoms with Crippen molar-refractivity contribution in [2.75, 3.05) is 11.9 Å².